The second-order valence-electron chi connectivity index (χ2n) is 0.446. The molecule has 0 fully saturated rings. The molecule has 0 amide bonds. The van der Waals surface area contributed by atoms with Gasteiger partial charge >= 0.3 is 35.9 Å². The van der Waals surface area contributed by atoms with Crippen LogP contribution in [0.1, 0.15) is 0 Å². The van der Waals surface area contributed by atoms with E-state index >= 15 is 0 Å². The normalized spacial score (nSPS) is 8.57. The van der Waals surface area contributed by atoms with E-state index in [2.05, 4.69) is 0 Å². The van der Waals surface area contributed by atoms with E-state index in [1.165, 1.54) is 0 Å². The van der Waals surface area contributed by atoms with Crippen LogP contribution in [0.2, 0.25) is 0 Å². The third-order valence-electron chi connectivity index (χ3n) is 0. The molecule has 0 aliphatic heterocycles. The zero-order chi connectivity index (χ0) is 4.50. The molecule has 0 aliphatic rings. The van der Waals surface area contributed by atoms with Crippen LogP contribution in [0.4, 0.5) is 13.2 Å². The van der Waals surface area contributed by atoms with Crippen LogP contribution in [0.15, 0.2) is 0 Å². The van der Waals surface area contributed by atoms with Crippen LogP contribution in [0.25, 0.3) is 0 Å². The molecule has 1 nitrogen and oxygen atoms in total. The Morgan fingerprint density at radius 1 is 1.14 bits per heavy atom. The molecule has 0 spiro atoms. The van der Waals surface area contributed by atoms with Gasteiger partial charge in [-0.25, -0.2) is 0 Å². The smallest absolute Gasteiger partial charge is 1.00 e. The first-order valence-electron chi connectivity index (χ1n) is 0.771. The van der Waals surface area contributed by atoms with Gasteiger partial charge in [-0.05, 0) is 0 Å². The van der Waals surface area contributed by atoms with Crippen LogP contribution in [-0.4, -0.2) is 6.36 Å². The fourth-order valence-corrected chi connectivity index (χ4v) is 0. The summed E-state index contributed by atoms with van der Waals surface area (Å²) in [7, 11) is 0. The van der Waals surface area contributed by atoms with E-state index in [4.69, 9.17) is 5.11 Å². The molecule has 0 unspecified atom stereocenters. The van der Waals surface area contributed by atoms with Gasteiger partial charge in [-0.3, -0.25) is 0 Å². The van der Waals surface area contributed by atoms with Gasteiger partial charge in [-0.2, -0.15) is 0 Å². The zero-order valence-corrected chi connectivity index (χ0v) is 6.18. The molecule has 0 atom stereocenters. The van der Waals surface area contributed by atoms with E-state index in [9.17, 15) is 13.2 Å². The van der Waals surface area contributed by atoms with Crippen molar-refractivity contribution in [3.05, 3.63) is 0 Å². The van der Waals surface area contributed by atoms with Crippen molar-refractivity contribution < 1.29 is 60.2 Å². The average Bonchev–Trinajstić information content (AvgIpc) is 0.722. The maximum absolute atomic E-state index is 9.80. The van der Waals surface area contributed by atoms with Crippen LogP contribution in [-0.2, 0) is 5.11 Å². The molecule has 7 heavy (non-hydrogen) atoms. The Balaban J connectivity index is -0.0000000800. The summed E-state index contributed by atoms with van der Waals surface area (Å²) in [5.74, 6) is 0. The van der Waals surface area contributed by atoms with Gasteiger partial charge in [0.05, 0.1) is 0 Å². The Labute approximate surface area is 66.6 Å². The van der Waals surface area contributed by atoms with Crippen molar-refractivity contribution in [3.8, 4) is 0 Å². The first kappa shape index (κ1) is 15.7. The van der Waals surface area contributed by atoms with Crippen LogP contribution in [0.5, 0.6) is 0 Å². The summed E-state index contributed by atoms with van der Waals surface area (Å²) in [6.45, 7) is 0. The third kappa shape index (κ3) is 165. The minimum Gasteiger partial charge on any atom is -1.00 e. The van der Waals surface area contributed by atoms with Crippen molar-refractivity contribution in [2.75, 3.05) is 0 Å². The van der Waals surface area contributed by atoms with Gasteiger partial charge in [-0.1, -0.05) is 0 Å². The molecule has 6 heteroatoms. The molecule has 0 heterocycles. The van der Waals surface area contributed by atoms with Gasteiger partial charge in [0.15, 0.2) is 0 Å². The number of alkyl halides is 3. The standard InChI is InChI=1S/CF3O.ClH.Na/c2-1(3,4)5;;/h;1H;/q;;+1/p-1. The fraction of sp³-hybridized carbons (Fsp3) is 1.00. The Kier molecular flexibility index (Phi) is 11.6. The van der Waals surface area contributed by atoms with Gasteiger partial charge in [0, 0.05) is 0 Å². The van der Waals surface area contributed by atoms with Crippen molar-refractivity contribution in [1.82, 2.24) is 0 Å². The number of halogens is 4. The SMILES string of the molecule is [Cl-].[Na+].[O]C(F)(F)F. The largest absolute Gasteiger partial charge is 1.00 e. The number of rotatable bonds is 0. The van der Waals surface area contributed by atoms with Crippen LogP contribution >= 0.6 is 0 Å². The maximum atomic E-state index is 9.80. The molecule has 1 radical (unpaired) electrons. The van der Waals surface area contributed by atoms with E-state index in [0.717, 1.165) is 0 Å². The van der Waals surface area contributed by atoms with Crippen molar-refractivity contribution in [2.24, 2.45) is 0 Å². The summed E-state index contributed by atoms with van der Waals surface area (Å²) >= 11 is 0. The molecule has 39 valence electrons. The molecule has 0 aromatic carbocycles. The van der Waals surface area contributed by atoms with Crippen LogP contribution in [0, 0.1) is 0 Å². The van der Waals surface area contributed by atoms with Gasteiger partial charge in [0.2, 0.25) is 0 Å². The molecule has 0 aromatic rings. The topological polar surface area (TPSA) is 19.9 Å². The quantitative estimate of drug-likeness (QED) is 0.303. The Morgan fingerprint density at radius 2 is 1.14 bits per heavy atom. The second-order valence-corrected chi connectivity index (χ2v) is 0.446. The van der Waals surface area contributed by atoms with Gasteiger partial charge in [-0.15, -0.1) is 18.3 Å². The van der Waals surface area contributed by atoms with E-state index in [1.807, 2.05) is 0 Å². The predicted molar refractivity (Wildman–Crippen MR) is 6.74 cm³/mol. The Bertz CT molecular complexity index is 30.4. The maximum Gasteiger partial charge on any atom is 1.00 e. The van der Waals surface area contributed by atoms with Crippen LogP contribution < -0.4 is 42.0 Å². The summed E-state index contributed by atoms with van der Waals surface area (Å²) in [6, 6.07) is 0. The fourth-order valence-electron chi connectivity index (χ4n) is 0. The summed E-state index contributed by atoms with van der Waals surface area (Å²) in [5.41, 5.74) is 0. The molecule has 0 saturated heterocycles. The first-order valence-corrected chi connectivity index (χ1v) is 0.771. The summed E-state index contributed by atoms with van der Waals surface area (Å²) in [6.07, 6.45) is -5.25. The summed E-state index contributed by atoms with van der Waals surface area (Å²) in [5, 5.41) is 8.10. The van der Waals surface area contributed by atoms with Crippen molar-refractivity contribution in [2.45, 2.75) is 6.36 Å². The molecule has 0 aliphatic carbocycles. The summed E-state index contributed by atoms with van der Waals surface area (Å²) in [4.78, 5) is 0. The Morgan fingerprint density at radius 3 is 1.14 bits per heavy atom. The van der Waals surface area contributed by atoms with Crippen molar-refractivity contribution >= 4 is 0 Å². The van der Waals surface area contributed by atoms with Crippen molar-refractivity contribution in [3.63, 3.8) is 0 Å². The van der Waals surface area contributed by atoms with E-state index in [-0.39, 0.29) is 42.0 Å². The van der Waals surface area contributed by atoms with E-state index in [0.29, 0.717) is 0 Å². The molecular weight excluding hydrogens is 143 g/mol. The van der Waals surface area contributed by atoms with E-state index in [1.54, 1.807) is 0 Å². The molecule has 0 bridgehead atoms. The second kappa shape index (κ2) is 5.18. The monoisotopic (exact) mass is 143 g/mol. The van der Waals surface area contributed by atoms with Gasteiger partial charge in [0.25, 0.3) is 0 Å². The van der Waals surface area contributed by atoms with Gasteiger partial charge < -0.3 is 12.4 Å². The van der Waals surface area contributed by atoms with Crippen molar-refractivity contribution in [1.29, 1.82) is 0 Å². The average molecular weight is 143 g/mol. The Hall–Kier alpha value is 1.04. The molecule has 0 saturated carbocycles. The molecular formula is CClF3NaO. The van der Waals surface area contributed by atoms with Gasteiger partial charge in [0.1, 0.15) is 0 Å². The minimum absolute atomic E-state index is 0. The number of hydrogen-bond acceptors (Lipinski definition) is 0. The minimum atomic E-state index is -5.25. The van der Waals surface area contributed by atoms with E-state index < -0.39 is 6.36 Å². The molecule has 0 aromatic heterocycles. The third-order valence-corrected chi connectivity index (χ3v) is 0. The molecule has 0 rings (SSSR count). The first-order chi connectivity index (χ1) is 2.00. The van der Waals surface area contributed by atoms with Crippen LogP contribution in [0.3, 0.4) is 0 Å². The number of hydrogen-bond donors (Lipinski definition) is 0. The zero-order valence-electron chi connectivity index (χ0n) is 3.42. The summed E-state index contributed by atoms with van der Waals surface area (Å²) < 4.78 is 29.4. The molecule has 0 N–H and O–H groups in total. The predicted octanol–water partition coefficient (Wildman–Crippen LogP) is -5.06.